The number of phosphoric acid groups is 1. The Bertz CT molecular complexity index is 1260. The molecule has 0 spiro atoms. The minimum Gasteiger partial charge on any atom is -0.462 e. The quantitative estimate of drug-likeness (QED) is 0.0197. The zero-order valence-electron chi connectivity index (χ0n) is 47.2. The van der Waals surface area contributed by atoms with Crippen molar-refractivity contribution in [2.24, 2.45) is 0 Å². The summed E-state index contributed by atoms with van der Waals surface area (Å²) in [4.78, 5) is 48.5. The zero-order chi connectivity index (χ0) is 52.7. The second kappa shape index (κ2) is 55.5. The molecule has 0 bridgehead atoms. The van der Waals surface area contributed by atoms with Crippen LogP contribution in [0.25, 0.3) is 0 Å². The summed E-state index contributed by atoms with van der Waals surface area (Å²) in [5, 5.41) is 9.83. The molecule has 0 aliphatic heterocycles. The number of aliphatic hydroxyl groups excluding tert-OH is 1. The van der Waals surface area contributed by atoms with Crippen molar-refractivity contribution in [1.82, 2.24) is 0 Å². The van der Waals surface area contributed by atoms with E-state index in [0.717, 1.165) is 64.2 Å². The van der Waals surface area contributed by atoms with Crippen molar-refractivity contribution in [1.29, 1.82) is 0 Å². The van der Waals surface area contributed by atoms with E-state index in [0.29, 0.717) is 19.3 Å². The monoisotopic (exact) mass is 1040 g/mol. The van der Waals surface area contributed by atoms with Gasteiger partial charge in [0.1, 0.15) is 12.7 Å². The number of carbonyl (C=O) groups is 3. The molecule has 0 fully saturated rings. The van der Waals surface area contributed by atoms with Gasteiger partial charge in [-0.15, -0.1) is 0 Å². The summed E-state index contributed by atoms with van der Waals surface area (Å²) in [5.74, 6) is -1.44. The summed E-state index contributed by atoms with van der Waals surface area (Å²) in [7, 11) is -4.74. The molecule has 0 rings (SSSR count). The summed E-state index contributed by atoms with van der Waals surface area (Å²) < 4.78 is 39.6. The van der Waals surface area contributed by atoms with Gasteiger partial charge in [-0.3, -0.25) is 23.4 Å². The van der Waals surface area contributed by atoms with Gasteiger partial charge in [0, 0.05) is 19.3 Å². The highest BCUT2D eigenvalue weighted by atomic mass is 31.2. The summed E-state index contributed by atoms with van der Waals surface area (Å²) in [6, 6.07) is 0. The fourth-order valence-electron chi connectivity index (χ4n) is 9.00. The molecule has 0 saturated carbocycles. The Morgan fingerprint density at radius 1 is 0.375 bits per heavy atom. The first kappa shape index (κ1) is 70.2. The average Bonchev–Trinajstić information content (AvgIpc) is 3.37. The molecule has 0 heterocycles. The Hall–Kier alpha value is -1.78. The Balaban J connectivity index is 4.60. The number of aliphatic hydroxyl groups is 1. The van der Waals surface area contributed by atoms with Gasteiger partial charge in [-0.1, -0.05) is 264 Å². The lowest BCUT2D eigenvalue weighted by atomic mass is 10.0. The number of rotatable bonds is 58. The molecule has 3 unspecified atom stereocenters. The molecule has 426 valence electrons. The molecule has 72 heavy (non-hydrogen) atoms. The van der Waals surface area contributed by atoms with Gasteiger partial charge >= 0.3 is 25.7 Å². The number of allylic oxidation sites excluding steroid dienone is 2. The van der Waals surface area contributed by atoms with Crippen LogP contribution in [-0.4, -0.2) is 66.5 Å². The Morgan fingerprint density at radius 3 is 0.958 bits per heavy atom. The average molecular weight is 1040 g/mol. The lowest BCUT2D eigenvalue weighted by Crippen LogP contribution is -2.30. The van der Waals surface area contributed by atoms with Crippen LogP contribution in [0.5, 0.6) is 0 Å². The van der Waals surface area contributed by atoms with Crippen molar-refractivity contribution >= 4 is 25.7 Å². The molecule has 0 saturated heterocycles. The predicted octanol–water partition coefficient (Wildman–Crippen LogP) is 18.0. The summed E-state index contributed by atoms with van der Waals surface area (Å²) >= 11 is 0. The second-order valence-corrected chi connectivity index (χ2v) is 22.3. The fourth-order valence-corrected chi connectivity index (χ4v) is 9.78. The van der Waals surface area contributed by atoms with Crippen molar-refractivity contribution in [3.63, 3.8) is 0 Å². The third-order valence-corrected chi connectivity index (χ3v) is 14.6. The molecule has 0 radical (unpaired) electrons. The third-order valence-electron chi connectivity index (χ3n) is 13.7. The first-order valence-electron chi connectivity index (χ1n) is 30.6. The molecule has 3 atom stereocenters. The van der Waals surface area contributed by atoms with E-state index in [-0.39, 0.29) is 25.9 Å². The van der Waals surface area contributed by atoms with Crippen LogP contribution in [0.15, 0.2) is 12.2 Å². The van der Waals surface area contributed by atoms with Gasteiger partial charge in [-0.2, -0.15) is 0 Å². The highest BCUT2D eigenvalue weighted by Crippen LogP contribution is 2.43. The number of unbranched alkanes of at least 4 members (excludes halogenated alkanes) is 39. The lowest BCUT2D eigenvalue weighted by molar-refractivity contribution is -0.161. The van der Waals surface area contributed by atoms with Crippen LogP contribution >= 0.6 is 7.82 Å². The van der Waals surface area contributed by atoms with Crippen molar-refractivity contribution in [3.8, 4) is 0 Å². The molecule has 0 aromatic heterocycles. The predicted molar refractivity (Wildman–Crippen MR) is 298 cm³/mol. The highest BCUT2D eigenvalue weighted by molar-refractivity contribution is 7.47. The number of ether oxygens (including phenoxy) is 3. The summed E-state index contributed by atoms with van der Waals surface area (Å²) in [6.07, 6.45) is 54.5. The maximum Gasteiger partial charge on any atom is 0.472 e. The van der Waals surface area contributed by atoms with Crippen molar-refractivity contribution < 1.29 is 52.2 Å². The third kappa shape index (κ3) is 53.1. The lowest BCUT2D eigenvalue weighted by Gasteiger charge is -2.21. The van der Waals surface area contributed by atoms with E-state index in [1.807, 2.05) is 0 Å². The van der Waals surface area contributed by atoms with Crippen LogP contribution in [0.2, 0.25) is 0 Å². The largest absolute Gasteiger partial charge is 0.472 e. The van der Waals surface area contributed by atoms with Gasteiger partial charge in [-0.25, -0.2) is 4.57 Å². The number of esters is 3. The number of hydrogen-bond acceptors (Lipinski definition) is 10. The zero-order valence-corrected chi connectivity index (χ0v) is 48.1. The minimum atomic E-state index is -4.74. The van der Waals surface area contributed by atoms with Crippen LogP contribution in [-0.2, 0) is 42.2 Å². The van der Waals surface area contributed by atoms with E-state index in [1.165, 1.54) is 193 Å². The first-order valence-corrected chi connectivity index (χ1v) is 32.1. The summed E-state index contributed by atoms with van der Waals surface area (Å²) in [6.45, 7) is 4.70. The van der Waals surface area contributed by atoms with E-state index in [2.05, 4.69) is 32.9 Å². The van der Waals surface area contributed by atoms with Crippen LogP contribution in [0.1, 0.15) is 316 Å². The van der Waals surface area contributed by atoms with E-state index in [9.17, 15) is 28.9 Å². The number of phosphoric ester groups is 1. The molecule has 12 heteroatoms. The second-order valence-electron chi connectivity index (χ2n) is 20.9. The van der Waals surface area contributed by atoms with E-state index < -0.39 is 57.8 Å². The molecule has 0 aliphatic carbocycles. The fraction of sp³-hybridized carbons (Fsp3) is 0.917. The molecule has 0 aliphatic rings. The van der Waals surface area contributed by atoms with Crippen LogP contribution in [0.3, 0.4) is 0 Å². The van der Waals surface area contributed by atoms with Crippen molar-refractivity contribution in [2.45, 2.75) is 328 Å². The van der Waals surface area contributed by atoms with Crippen LogP contribution in [0.4, 0.5) is 0 Å². The van der Waals surface area contributed by atoms with Crippen LogP contribution in [0, 0.1) is 0 Å². The van der Waals surface area contributed by atoms with Gasteiger partial charge in [0.05, 0.1) is 19.8 Å². The van der Waals surface area contributed by atoms with Gasteiger partial charge in [0.2, 0.25) is 0 Å². The van der Waals surface area contributed by atoms with Crippen molar-refractivity contribution in [3.05, 3.63) is 12.2 Å². The standard InChI is InChI=1S/C60H115O11P/c1-4-7-10-13-16-19-22-24-26-28-30-32-35-38-41-44-47-50-59(63)70-56(52-61)54-68-72(65,66)69-55-57(53-67-58(62)49-46-43-40-37-34-21-18-15-12-9-6-3)71-60(64)51-48-45-42-39-36-33-31-29-27-25-23-20-17-14-11-8-5-2/h25,27,56-57,61H,4-24,26,28-55H2,1-3H3,(H,65,66)/b27-25-. The molecule has 0 aromatic rings. The molecular formula is C60H115O11P. The number of hydrogen-bond donors (Lipinski definition) is 2. The molecule has 0 aromatic carbocycles. The normalized spacial score (nSPS) is 13.3. The molecule has 0 amide bonds. The summed E-state index contributed by atoms with van der Waals surface area (Å²) in [5.41, 5.74) is 0. The maximum atomic E-state index is 12.9. The first-order chi connectivity index (χ1) is 35.2. The maximum absolute atomic E-state index is 12.9. The minimum absolute atomic E-state index is 0.170. The van der Waals surface area contributed by atoms with Gasteiger partial charge in [0.15, 0.2) is 6.10 Å². The smallest absolute Gasteiger partial charge is 0.462 e. The molecule has 2 N–H and O–H groups in total. The van der Waals surface area contributed by atoms with E-state index in [4.69, 9.17) is 23.3 Å². The Kier molecular flexibility index (Phi) is 54.1. The molecular weight excluding hydrogens is 928 g/mol. The Labute approximate surface area is 443 Å². The number of carbonyl (C=O) groups excluding carboxylic acids is 3. The SMILES string of the molecule is CCCCCCCC/C=C\CCCCCCCCCC(=O)OC(COC(=O)CCCCCCCCCCCCC)COP(=O)(O)OCC(CO)OC(=O)CCCCCCCCCCCCCCCCCCC. The topological polar surface area (TPSA) is 155 Å². The highest BCUT2D eigenvalue weighted by Gasteiger charge is 2.28. The Morgan fingerprint density at radius 2 is 0.639 bits per heavy atom. The van der Waals surface area contributed by atoms with Gasteiger partial charge in [0.25, 0.3) is 0 Å². The van der Waals surface area contributed by atoms with Gasteiger partial charge in [-0.05, 0) is 44.9 Å². The van der Waals surface area contributed by atoms with E-state index >= 15 is 0 Å². The molecule has 11 nitrogen and oxygen atoms in total. The van der Waals surface area contributed by atoms with Crippen molar-refractivity contribution in [2.75, 3.05) is 26.4 Å². The van der Waals surface area contributed by atoms with E-state index in [1.54, 1.807) is 0 Å². The van der Waals surface area contributed by atoms with Gasteiger partial charge < -0.3 is 24.2 Å². The van der Waals surface area contributed by atoms with Crippen LogP contribution < -0.4 is 0 Å².